The van der Waals surface area contributed by atoms with Crippen molar-refractivity contribution in [1.29, 1.82) is 0 Å². The minimum absolute atomic E-state index is 0. The van der Waals surface area contributed by atoms with Gasteiger partial charge in [-0.25, -0.2) is 0 Å². The Morgan fingerprint density at radius 1 is 0.551 bits per heavy atom. The number of benzene rings is 2. The van der Waals surface area contributed by atoms with Gasteiger partial charge in [0.05, 0.1) is 33.6 Å². The molecule has 3 heterocycles. The summed E-state index contributed by atoms with van der Waals surface area (Å²) >= 11 is 3.28. The third-order valence-corrected chi connectivity index (χ3v) is 10.5. The molecule has 3 aliphatic heterocycles. The molecule has 0 aromatic heterocycles. The van der Waals surface area contributed by atoms with Crippen molar-refractivity contribution in [2.45, 2.75) is 124 Å². The van der Waals surface area contributed by atoms with Crippen LogP contribution in [0.25, 0.3) is 0 Å². The molecule has 3 aliphatic rings. The van der Waals surface area contributed by atoms with Gasteiger partial charge < -0.3 is 38.6 Å². The minimum atomic E-state index is -0.476. The fourth-order valence-electron chi connectivity index (χ4n) is 4.72. The highest BCUT2D eigenvalue weighted by Crippen LogP contribution is 2.43. The van der Waals surface area contributed by atoms with Gasteiger partial charge in [0.25, 0.3) is 11.8 Å². The van der Waals surface area contributed by atoms with Gasteiger partial charge in [-0.2, -0.15) is 0 Å². The summed E-state index contributed by atoms with van der Waals surface area (Å²) in [5.74, 6) is -0.176. The van der Waals surface area contributed by atoms with E-state index in [0.29, 0.717) is 11.1 Å². The van der Waals surface area contributed by atoms with Crippen molar-refractivity contribution < 1.29 is 37.5 Å². The third kappa shape index (κ3) is 9.78. The van der Waals surface area contributed by atoms with E-state index >= 15 is 0 Å². The lowest BCUT2D eigenvalue weighted by atomic mass is 9.49. The number of rotatable bonds is 4. The molecule has 0 spiro atoms. The first-order valence-corrected chi connectivity index (χ1v) is 17.0. The molecular formula is C35H56B3BrN2O8. The predicted octanol–water partition coefficient (Wildman–Crippen LogP) is 6.04. The van der Waals surface area contributed by atoms with Crippen LogP contribution in [0.1, 0.15) is 111 Å². The second-order valence-corrected chi connectivity index (χ2v) is 16.0. The topological polar surface area (TPSA) is 114 Å². The van der Waals surface area contributed by atoms with Crippen LogP contribution in [0.2, 0.25) is 0 Å². The maximum Gasteiger partial charge on any atom is 0.494 e. The van der Waals surface area contributed by atoms with E-state index in [0.717, 1.165) is 9.94 Å². The molecule has 49 heavy (non-hydrogen) atoms. The van der Waals surface area contributed by atoms with Crippen LogP contribution in [0.3, 0.4) is 0 Å². The zero-order valence-electron chi connectivity index (χ0n) is 31.0. The molecule has 2 aromatic carbocycles. The summed E-state index contributed by atoms with van der Waals surface area (Å²) in [6.07, 6.45) is 0. The highest BCUT2D eigenvalue weighted by atomic mass is 79.9. The third-order valence-electron chi connectivity index (χ3n) is 9.98. The Kier molecular flexibility index (Phi) is 13.7. The number of carbonyl (C=O) groups is 2. The van der Waals surface area contributed by atoms with Gasteiger partial charge >= 0.3 is 21.1 Å². The summed E-state index contributed by atoms with van der Waals surface area (Å²) in [5, 5.41) is 5.16. The summed E-state index contributed by atoms with van der Waals surface area (Å²) in [6.45, 7) is 24.2. The number of hydrogen-bond acceptors (Lipinski definition) is 8. The van der Waals surface area contributed by atoms with E-state index < -0.39 is 21.1 Å². The van der Waals surface area contributed by atoms with Crippen molar-refractivity contribution >= 4 is 54.3 Å². The van der Waals surface area contributed by atoms with Crippen molar-refractivity contribution in [1.82, 2.24) is 10.6 Å². The second kappa shape index (κ2) is 15.6. The molecule has 0 atom stereocenters. The summed E-state index contributed by atoms with van der Waals surface area (Å²) in [4.78, 5) is 22.7. The van der Waals surface area contributed by atoms with E-state index in [1.165, 1.54) is 0 Å². The van der Waals surface area contributed by atoms with E-state index in [-0.39, 0.29) is 52.8 Å². The molecule has 2 aromatic rings. The van der Waals surface area contributed by atoms with E-state index in [9.17, 15) is 9.59 Å². The zero-order valence-corrected chi connectivity index (χ0v) is 32.6. The summed E-state index contributed by atoms with van der Waals surface area (Å²) in [6, 6.07) is 14.6. The van der Waals surface area contributed by atoms with Crippen LogP contribution in [0, 0.1) is 0 Å². The molecule has 0 bridgehead atoms. The first kappa shape index (κ1) is 43.0. The normalized spacial score (nSPS) is 21.7. The highest BCUT2D eigenvalue weighted by molar-refractivity contribution is 9.10. The number of halogens is 1. The summed E-state index contributed by atoms with van der Waals surface area (Å²) in [7, 11) is 1.84. The van der Waals surface area contributed by atoms with Gasteiger partial charge in [0.15, 0.2) is 0 Å². The molecule has 10 nitrogen and oxygen atoms in total. The predicted molar refractivity (Wildman–Crippen MR) is 202 cm³/mol. The molecule has 0 aliphatic carbocycles. The van der Waals surface area contributed by atoms with Gasteiger partial charge in [0, 0.05) is 29.7 Å². The van der Waals surface area contributed by atoms with E-state index in [1.807, 2.05) is 107 Å². The molecule has 3 fully saturated rings. The van der Waals surface area contributed by atoms with Crippen molar-refractivity contribution in [2.75, 3.05) is 14.1 Å². The van der Waals surface area contributed by atoms with Gasteiger partial charge in [-0.1, -0.05) is 41.6 Å². The van der Waals surface area contributed by atoms with Crippen molar-refractivity contribution in [3.63, 3.8) is 0 Å². The average molecular weight is 745 g/mol. The molecule has 3 saturated heterocycles. The maximum atomic E-state index is 11.6. The van der Waals surface area contributed by atoms with Gasteiger partial charge in [-0.15, -0.1) is 0 Å². The van der Waals surface area contributed by atoms with Crippen LogP contribution in [0.5, 0.6) is 0 Å². The van der Waals surface area contributed by atoms with Crippen LogP contribution in [-0.2, 0) is 27.9 Å². The second-order valence-electron chi connectivity index (χ2n) is 15.1. The van der Waals surface area contributed by atoms with Crippen molar-refractivity contribution in [3.8, 4) is 0 Å². The first-order valence-electron chi connectivity index (χ1n) is 16.3. The van der Waals surface area contributed by atoms with Crippen molar-refractivity contribution in [3.05, 3.63) is 64.1 Å². The smallest absolute Gasteiger partial charge is 0.405 e. The highest BCUT2D eigenvalue weighted by Gasteiger charge is 2.63. The minimum Gasteiger partial charge on any atom is -0.405 e. The van der Waals surface area contributed by atoms with Gasteiger partial charge in [-0.05, 0) is 119 Å². The van der Waals surface area contributed by atoms with Crippen LogP contribution < -0.4 is 16.1 Å². The monoisotopic (exact) mass is 744 g/mol. The van der Waals surface area contributed by atoms with E-state index in [1.54, 1.807) is 38.4 Å². The standard InChI is InChI=1S/C14H20BNO3.C12H24B2O4.C8H8BrNO.CH4/c1-13(2)14(3,4)19-15(18-13)11-8-6-7-10(9-11)12(17)16-5;1-9(2)10(3,4)16-13(15-9)14-17-11(5,6)12(7,8)18-14;1-10-8(11)6-3-2-4-7(9)5-6;/h6-9H,1-5H3,(H,16,17);1-8H3;2-5H,1H3,(H,10,11);1H4. The van der Waals surface area contributed by atoms with E-state index in [2.05, 4.69) is 26.6 Å². The average Bonchev–Trinajstić information content (AvgIpc) is 3.46. The Labute approximate surface area is 304 Å². The molecule has 270 valence electrons. The summed E-state index contributed by atoms with van der Waals surface area (Å²) < 4.78 is 36.7. The lowest BCUT2D eigenvalue weighted by Gasteiger charge is -2.32. The fourth-order valence-corrected chi connectivity index (χ4v) is 5.12. The maximum absolute atomic E-state index is 11.6. The Morgan fingerprint density at radius 3 is 1.22 bits per heavy atom. The largest absolute Gasteiger partial charge is 0.494 e. The molecule has 0 unspecified atom stereocenters. The molecule has 2 amide bonds. The van der Waals surface area contributed by atoms with Gasteiger partial charge in [0.2, 0.25) is 0 Å². The number of amides is 2. The Balaban J connectivity index is 0.000000262. The van der Waals surface area contributed by atoms with E-state index in [4.69, 9.17) is 27.9 Å². The number of nitrogens with one attached hydrogen (secondary N) is 2. The SMILES string of the molecule is C.CC1(C)OB(B2OC(C)(C)C(C)(C)O2)OC1(C)C.CNC(=O)c1cccc(B2OC(C)(C)C(C)(C)O2)c1.CNC(=O)c1cccc(Br)c1. The number of carbonyl (C=O) groups excluding carboxylic acids is 2. The first-order chi connectivity index (χ1) is 21.9. The van der Waals surface area contributed by atoms with Crippen LogP contribution >= 0.6 is 15.9 Å². The molecule has 14 heteroatoms. The number of hydrogen-bond donors (Lipinski definition) is 2. The Bertz CT molecular complexity index is 1390. The molecule has 2 N–H and O–H groups in total. The Hall–Kier alpha value is -2.19. The molecular weight excluding hydrogens is 689 g/mol. The molecule has 0 saturated carbocycles. The molecule has 0 radical (unpaired) electrons. The summed E-state index contributed by atoms with van der Waals surface area (Å²) in [5.41, 5.74) is -0.0526. The Morgan fingerprint density at radius 2 is 0.878 bits per heavy atom. The lowest BCUT2D eigenvalue weighted by molar-refractivity contribution is 0.00578. The van der Waals surface area contributed by atoms with Crippen LogP contribution in [-0.4, -0.2) is 80.7 Å². The molecule has 5 rings (SSSR count). The van der Waals surface area contributed by atoms with Crippen LogP contribution in [0.4, 0.5) is 0 Å². The van der Waals surface area contributed by atoms with Gasteiger partial charge in [-0.3, -0.25) is 9.59 Å². The lowest BCUT2D eigenvalue weighted by Crippen LogP contribution is -2.41. The van der Waals surface area contributed by atoms with Gasteiger partial charge in [0.1, 0.15) is 0 Å². The quantitative estimate of drug-likeness (QED) is 0.365. The zero-order chi connectivity index (χ0) is 36.5. The van der Waals surface area contributed by atoms with Crippen LogP contribution in [0.15, 0.2) is 53.0 Å². The van der Waals surface area contributed by atoms with Crippen molar-refractivity contribution in [2.24, 2.45) is 0 Å². The fraction of sp³-hybridized carbons (Fsp3) is 0.600.